The summed E-state index contributed by atoms with van der Waals surface area (Å²) in [6.07, 6.45) is 0. The second-order valence-corrected chi connectivity index (χ2v) is 4.85. The van der Waals surface area contributed by atoms with Crippen LogP contribution in [0.4, 0.5) is 21.5 Å². The van der Waals surface area contributed by atoms with Crippen LogP contribution in [0, 0.1) is 15.9 Å². The zero-order valence-electron chi connectivity index (χ0n) is 10.5. The molecule has 0 unspecified atom stereocenters. The molecule has 0 aliphatic carbocycles. The number of nitro groups is 1. The van der Waals surface area contributed by atoms with Crippen LogP contribution in [0.25, 0.3) is 0 Å². The first-order valence-electron chi connectivity index (χ1n) is 5.73. The maximum Gasteiger partial charge on any atom is 0.295 e. The molecule has 0 radical (unpaired) electrons. The predicted molar refractivity (Wildman–Crippen MR) is 84.3 cm³/mol. The molecule has 8 heteroatoms. The highest BCUT2D eigenvalue weighted by molar-refractivity contribution is 7.80. The van der Waals surface area contributed by atoms with Crippen LogP contribution in [-0.4, -0.2) is 10.0 Å². The number of hydrogen-bond donors (Lipinski definition) is 2. The van der Waals surface area contributed by atoms with Gasteiger partial charge in [0, 0.05) is 10.7 Å². The Balaban J connectivity index is 2.12. The number of rotatable bonds is 3. The molecule has 0 saturated heterocycles. The quantitative estimate of drug-likeness (QED) is 0.503. The Morgan fingerprint density at radius 3 is 2.48 bits per heavy atom. The third-order valence-electron chi connectivity index (χ3n) is 2.51. The van der Waals surface area contributed by atoms with Crippen LogP contribution in [0.2, 0.25) is 5.02 Å². The van der Waals surface area contributed by atoms with Crippen molar-refractivity contribution in [2.75, 3.05) is 10.6 Å². The number of nitrogens with zero attached hydrogens (tertiary/aromatic N) is 1. The Morgan fingerprint density at radius 2 is 1.86 bits per heavy atom. The van der Waals surface area contributed by atoms with Crippen molar-refractivity contribution in [2.24, 2.45) is 0 Å². The summed E-state index contributed by atoms with van der Waals surface area (Å²) in [4.78, 5) is 10.2. The molecule has 0 aliphatic heterocycles. The third kappa shape index (κ3) is 4.11. The van der Waals surface area contributed by atoms with Gasteiger partial charge in [-0.3, -0.25) is 10.1 Å². The third-order valence-corrected chi connectivity index (χ3v) is 2.96. The van der Waals surface area contributed by atoms with E-state index in [0.717, 1.165) is 12.1 Å². The van der Waals surface area contributed by atoms with Gasteiger partial charge in [0.25, 0.3) is 5.69 Å². The second-order valence-electron chi connectivity index (χ2n) is 4.00. The van der Waals surface area contributed by atoms with E-state index in [0.29, 0.717) is 10.7 Å². The standard InChI is InChI=1S/C13H9ClFN3O2S/c14-8-1-4-10(5-2-8)16-13(21)17-11-6-3-9(15)7-12(11)18(19)20/h1-7H,(H2,16,17,21). The highest BCUT2D eigenvalue weighted by Crippen LogP contribution is 2.25. The average molecular weight is 326 g/mol. The van der Waals surface area contributed by atoms with Gasteiger partial charge in [0.2, 0.25) is 0 Å². The summed E-state index contributed by atoms with van der Waals surface area (Å²) < 4.78 is 13.0. The molecule has 0 spiro atoms. The smallest absolute Gasteiger partial charge is 0.295 e. The van der Waals surface area contributed by atoms with Crippen molar-refractivity contribution in [1.82, 2.24) is 0 Å². The molecule has 5 nitrogen and oxygen atoms in total. The molecule has 0 saturated carbocycles. The summed E-state index contributed by atoms with van der Waals surface area (Å²) in [5.74, 6) is -0.691. The lowest BCUT2D eigenvalue weighted by atomic mass is 10.2. The topological polar surface area (TPSA) is 67.2 Å². The van der Waals surface area contributed by atoms with Crippen LogP contribution in [0.5, 0.6) is 0 Å². The summed E-state index contributed by atoms with van der Waals surface area (Å²) in [5, 5.41) is 17.1. The van der Waals surface area contributed by atoms with Crippen LogP contribution in [0.1, 0.15) is 0 Å². The molecule has 0 aromatic heterocycles. The van der Waals surface area contributed by atoms with Crippen molar-refractivity contribution in [3.8, 4) is 0 Å². The van der Waals surface area contributed by atoms with Crippen molar-refractivity contribution >= 4 is 46.0 Å². The number of nitro benzene ring substituents is 1. The number of hydrogen-bond acceptors (Lipinski definition) is 3. The molecule has 0 aliphatic rings. The lowest BCUT2D eigenvalue weighted by molar-refractivity contribution is -0.384. The summed E-state index contributed by atoms with van der Waals surface area (Å²) in [6.45, 7) is 0. The summed E-state index contributed by atoms with van der Waals surface area (Å²) in [7, 11) is 0. The van der Waals surface area contributed by atoms with Crippen molar-refractivity contribution < 1.29 is 9.31 Å². The minimum absolute atomic E-state index is 0.105. The van der Waals surface area contributed by atoms with Crippen LogP contribution in [0.15, 0.2) is 42.5 Å². The Labute approximate surface area is 129 Å². The monoisotopic (exact) mass is 325 g/mol. The first-order valence-corrected chi connectivity index (χ1v) is 6.52. The Morgan fingerprint density at radius 1 is 1.19 bits per heavy atom. The van der Waals surface area contributed by atoms with E-state index in [1.807, 2.05) is 0 Å². The van der Waals surface area contributed by atoms with E-state index < -0.39 is 16.4 Å². The molecule has 0 atom stereocenters. The van der Waals surface area contributed by atoms with E-state index in [-0.39, 0.29) is 10.8 Å². The van der Waals surface area contributed by atoms with Gasteiger partial charge < -0.3 is 10.6 Å². The first kappa shape index (κ1) is 15.1. The highest BCUT2D eigenvalue weighted by atomic mass is 35.5. The summed E-state index contributed by atoms with van der Waals surface area (Å²) >= 11 is 10.8. The van der Waals surface area contributed by atoms with Crippen LogP contribution in [0.3, 0.4) is 0 Å². The van der Waals surface area contributed by atoms with E-state index in [1.54, 1.807) is 24.3 Å². The first-order chi connectivity index (χ1) is 9.95. The van der Waals surface area contributed by atoms with E-state index >= 15 is 0 Å². The van der Waals surface area contributed by atoms with Gasteiger partial charge in [-0.15, -0.1) is 0 Å². The molecule has 2 aromatic carbocycles. The van der Waals surface area contributed by atoms with Crippen molar-refractivity contribution in [3.63, 3.8) is 0 Å². The fraction of sp³-hybridized carbons (Fsp3) is 0. The number of benzene rings is 2. The Kier molecular flexibility index (Phi) is 4.66. The lowest BCUT2D eigenvalue weighted by Crippen LogP contribution is -2.19. The van der Waals surface area contributed by atoms with Crippen molar-refractivity contribution in [2.45, 2.75) is 0 Å². The average Bonchev–Trinajstić information content (AvgIpc) is 2.43. The highest BCUT2D eigenvalue weighted by Gasteiger charge is 2.15. The van der Waals surface area contributed by atoms with E-state index in [1.165, 1.54) is 6.07 Å². The zero-order valence-corrected chi connectivity index (χ0v) is 12.0. The number of anilines is 2. The molecule has 2 rings (SSSR count). The van der Waals surface area contributed by atoms with Crippen molar-refractivity contribution in [3.05, 3.63) is 63.4 Å². The molecule has 2 aromatic rings. The molecule has 0 fully saturated rings. The molecule has 0 bridgehead atoms. The van der Waals surface area contributed by atoms with Gasteiger partial charge in [0.15, 0.2) is 5.11 Å². The van der Waals surface area contributed by atoms with Crippen LogP contribution >= 0.6 is 23.8 Å². The molecule has 2 N–H and O–H groups in total. The fourth-order valence-corrected chi connectivity index (χ4v) is 1.93. The normalized spacial score (nSPS) is 10.0. The second kappa shape index (κ2) is 6.47. The summed E-state index contributed by atoms with van der Waals surface area (Å²) in [6, 6.07) is 9.95. The van der Waals surface area contributed by atoms with Crippen LogP contribution < -0.4 is 10.6 Å². The van der Waals surface area contributed by atoms with Gasteiger partial charge in [-0.2, -0.15) is 0 Å². The Hall–Kier alpha value is -2.25. The maximum absolute atomic E-state index is 13.0. The lowest BCUT2D eigenvalue weighted by Gasteiger charge is -2.10. The van der Waals surface area contributed by atoms with Crippen LogP contribution in [-0.2, 0) is 0 Å². The molecule has 0 heterocycles. The summed E-state index contributed by atoms with van der Waals surface area (Å²) in [5.41, 5.74) is 0.379. The van der Waals surface area contributed by atoms with E-state index in [9.17, 15) is 14.5 Å². The van der Waals surface area contributed by atoms with Gasteiger partial charge in [0.05, 0.1) is 11.0 Å². The van der Waals surface area contributed by atoms with Crippen molar-refractivity contribution in [1.29, 1.82) is 0 Å². The van der Waals surface area contributed by atoms with E-state index in [4.69, 9.17) is 23.8 Å². The van der Waals surface area contributed by atoms with Gasteiger partial charge in [-0.1, -0.05) is 11.6 Å². The molecule has 0 amide bonds. The van der Waals surface area contributed by atoms with Gasteiger partial charge in [-0.25, -0.2) is 4.39 Å². The maximum atomic E-state index is 13.0. The zero-order chi connectivity index (χ0) is 15.4. The minimum Gasteiger partial charge on any atom is -0.332 e. The van der Waals surface area contributed by atoms with Gasteiger partial charge >= 0.3 is 0 Å². The minimum atomic E-state index is -0.691. The largest absolute Gasteiger partial charge is 0.332 e. The Bertz CT molecular complexity index is 694. The van der Waals surface area contributed by atoms with E-state index in [2.05, 4.69) is 10.6 Å². The molecule has 21 heavy (non-hydrogen) atoms. The number of halogens is 2. The van der Waals surface area contributed by atoms with Gasteiger partial charge in [0.1, 0.15) is 11.5 Å². The number of nitrogens with one attached hydrogen (secondary N) is 2. The molecular formula is C13H9ClFN3O2S. The fourth-order valence-electron chi connectivity index (χ4n) is 1.58. The number of thiocarbonyl (C=S) groups is 1. The molecule has 108 valence electrons. The SMILES string of the molecule is O=[N+]([O-])c1cc(F)ccc1NC(=S)Nc1ccc(Cl)cc1. The van der Waals surface area contributed by atoms with Gasteiger partial charge in [-0.05, 0) is 48.6 Å². The molecular weight excluding hydrogens is 317 g/mol. The predicted octanol–water partition coefficient (Wildman–Crippen LogP) is 4.20.